The fraction of sp³-hybridized carbons (Fsp3) is 0.143. The van der Waals surface area contributed by atoms with Crippen LogP contribution in [0.15, 0.2) is 18.6 Å². The minimum Gasteiger partial charge on any atom is -0.412 e. The lowest BCUT2D eigenvalue weighted by molar-refractivity contribution is 0.824. The molecule has 2 aromatic rings. The van der Waals surface area contributed by atoms with E-state index in [2.05, 4.69) is 9.97 Å². The van der Waals surface area contributed by atoms with Crippen LogP contribution in [0.5, 0.6) is 0 Å². The molecule has 0 aromatic carbocycles. The zero-order chi connectivity index (χ0) is 7.84. The van der Waals surface area contributed by atoms with Gasteiger partial charge in [-0.15, -0.1) is 0 Å². The molecule has 5 heteroatoms. The summed E-state index contributed by atoms with van der Waals surface area (Å²) >= 11 is 5.78. The molecule has 0 saturated carbocycles. The van der Waals surface area contributed by atoms with Crippen molar-refractivity contribution in [3.05, 3.63) is 23.7 Å². The molecule has 0 radical (unpaired) electrons. The summed E-state index contributed by atoms with van der Waals surface area (Å²) in [5.41, 5.74) is 1.77. The molecule has 0 aliphatic heterocycles. The van der Waals surface area contributed by atoms with Crippen molar-refractivity contribution in [3.8, 4) is 0 Å². The molecule has 2 N–H and O–H groups in total. The minimum absolute atomic E-state index is 0. The summed E-state index contributed by atoms with van der Waals surface area (Å²) in [5, 5.41) is 0.461. The molecular weight excluding hydrogens is 178 g/mol. The summed E-state index contributed by atoms with van der Waals surface area (Å²) in [7, 11) is 1.92. The summed E-state index contributed by atoms with van der Waals surface area (Å²) in [4.78, 5) is 8.00. The zero-order valence-electron chi connectivity index (χ0n) is 6.45. The highest BCUT2D eigenvalue weighted by molar-refractivity contribution is 6.33. The molecule has 0 aliphatic carbocycles. The van der Waals surface area contributed by atoms with Gasteiger partial charge in [0.25, 0.3) is 0 Å². The van der Waals surface area contributed by atoms with Crippen LogP contribution in [0.25, 0.3) is 11.0 Å². The molecule has 0 saturated heterocycles. The number of nitrogens with zero attached hydrogens (tertiary/aromatic N) is 3. The Kier molecular flexibility index (Phi) is 2.30. The summed E-state index contributed by atoms with van der Waals surface area (Å²) in [6, 6.07) is 1.88. The van der Waals surface area contributed by atoms with Crippen LogP contribution in [-0.4, -0.2) is 20.0 Å². The van der Waals surface area contributed by atoms with Gasteiger partial charge in [-0.1, -0.05) is 11.6 Å². The first-order chi connectivity index (χ1) is 5.29. The molecule has 2 heterocycles. The predicted octanol–water partition coefficient (Wildman–Crippen LogP) is 0.797. The molecule has 12 heavy (non-hydrogen) atoms. The molecule has 0 bridgehead atoms. The maximum absolute atomic E-state index is 5.78. The van der Waals surface area contributed by atoms with E-state index in [9.17, 15) is 0 Å². The molecule has 64 valence electrons. The Morgan fingerprint density at radius 1 is 1.42 bits per heavy atom. The van der Waals surface area contributed by atoms with E-state index in [1.807, 2.05) is 17.7 Å². The van der Waals surface area contributed by atoms with Crippen LogP contribution in [0.2, 0.25) is 5.15 Å². The van der Waals surface area contributed by atoms with Gasteiger partial charge in [0.1, 0.15) is 5.52 Å². The molecule has 0 amide bonds. The number of fused-ring (bicyclic) bond motifs is 1. The van der Waals surface area contributed by atoms with Gasteiger partial charge in [0.2, 0.25) is 0 Å². The summed E-state index contributed by atoms with van der Waals surface area (Å²) < 4.78 is 1.91. The Morgan fingerprint density at radius 3 is 2.83 bits per heavy atom. The number of aromatic nitrogens is 3. The van der Waals surface area contributed by atoms with Gasteiger partial charge in [0.15, 0.2) is 5.15 Å². The van der Waals surface area contributed by atoms with Crippen molar-refractivity contribution >= 4 is 22.6 Å². The predicted molar refractivity (Wildman–Crippen MR) is 47.1 cm³/mol. The third kappa shape index (κ3) is 1.15. The summed E-state index contributed by atoms with van der Waals surface area (Å²) in [5.74, 6) is 0. The maximum Gasteiger partial charge on any atom is 0.156 e. The second kappa shape index (κ2) is 3.08. The monoisotopic (exact) mass is 185 g/mol. The van der Waals surface area contributed by atoms with Crippen LogP contribution in [0.1, 0.15) is 0 Å². The van der Waals surface area contributed by atoms with E-state index < -0.39 is 0 Å². The first-order valence-corrected chi connectivity index (χ1v) is 3.58. The summed E-state index contributed by atoms with van der Waals surface area (Å²) in [6.07, 6.45) is 3.39. The van der Waals surface area contributed by atoms with E-state index in [1.54, 1.807) is 12.5 Å². The van der Waals surface area contributed by atoms with E-state index in [0.717, 1.165) is 11.0 Å². The molecule has 0 atom stereocenters. The molecule has 0 spiro atoms. The first-order valence-electron chi connectivity index (χ1n) is 3.20. The van der Waals surface area contributed by atoms with Gasteiger partial charge in [-0.3, -0.25) is 0 Å². The van der Waals surface area contributed by atoms with E-state index in [1.165, 1.54) is 0 Å². The molecule has 2 rings (SSSR count). The molecule has 0 unspecified atom stereocenters. The van der Waals surface area contributed by atoms with Crippen molar-refractivity contribution in [1.82, 2.24) is 14.5 Å². The fourth-order valence-electron chi connectivity index (χ4n) is 1.03. The van der Waals surface area contributed by atoms with Crippen molar-refractivity contribution in [1.29, 1.82) is 0 Å². The van der Waals surface area contributed by atoms with Gasteiger partial charge in [0, 0.05) is 13.2 Å². The fourth-order valence-corrected chi connectivity index (χ4v) is 1.23. The highest BCUT2D eigenvalue weighted by Gasteiger charge is 2.02. The number of imidazole rings is 1. The highest BCUT2D eigenvalue weighted by atomic mass is 35.5. The van der Waals surface area contributed by atoms with Gasteiger partial charge in [-0.25, -0.2) is 9.97 Å². The lowest BCUT2D eigenvalue weighted by Crippen LogP contribution is -1.83. The number of hydrogen-bond acceptors (Lipinski definition) is 2. The Hall–Kier alpha value is -1.13. The Labute approximate surface area is 74.1 Å². The molecule has 2 aromatic heterocycles. The smallest absolute Gasteiger partial charge is 0.156 e. The standard InChI is InChI=1S/C7H6ClN3.H2O/c1-11-4-10-6-5(11)2-3-9-7(6)8;/h2-4H,1H3;1H2. The Morgan fingerprint density at radius 2 is 2.17 bits per heavy atom. The van der Waals surface area contributed by atoms with Crippen molar-refractivity contribution in [2.24, 2.45) is 7.05 Å². The quantitative estimate of drug-likeness (QED) is 0.570. The van der Waals surface area contributed by atoms with Gasteiger partial charge >= 0.3 is 0 Å². The normalized spacial score (nSPS) is 9.83. The third-order valence-electron chi connectivity index (χ3n) is 1.60. The van der Waals surface area contributed by atoms with Crippen molar-refractivity contribution < 1.29 is 5.48 Å². The van der Waals surface area contributed by atoms with Crippen LogP contribution < -0.4 is 0 Å². The maximum atomic E-state index is 5.78. The first kappa shape index (κ1) is 8.96. The molecular formula is C7H8ClN3O. The van der Waals surface area contributed by atoms with Crippen molar-refractivity contribution in [3.63, 3.8) is 0 Å². The van der Waals surface area contributed by atoms with Crippen LogP contribution in [0.3, 0.4) is 0 Å². The average Bonchev–Trinajstić information content (AvgIpc) is 2.35. The Bertz CT molecular complexity index is 398. The van der Waals surface area contributed by atoms with E-state index >= 15 is 0 Å². The number of aryl methyl sites for hydroxylation is 1. The lowest BCUT2D eigenvalue weighted by Gasteiger charge is -1.92. The van der Waals surface area contributed by atoms with E-state index in [0.29, 0.717) is 5.15 Å². The second-order valence-corrected chi connectivity index (χ2v) is 2.68. The topological polar surface area (TPSA) is 62.2 Å². The van der Waals surface area contributed by atoms with Crippen molar-refractivity contribution in [2.75, 3.05) is 0 Å². The minimum atomic E-state index is 0. The van der Waals surface area contributed by atoms with Gasteiger partial charge in [-0.05, 0) is 6.07 Å². The number of pyridine rings is 1. The van der Waals surface area contributed by atoms with Crippen LogP contribution in [0.4, 0.5) is 0 Å². The number of rotatable bonds is 0. The van der Waals surface area contributed by atoms with Gasteiger partial charge < -0.3 is 10.0 Å². The SMILES string of the molecule is Cn1cnc2c(Cl)nccc21.O. The largest absolute Gasteiger partial charge is 0.412 e. The molecule has 0 fully saturated rings. The third-order valence-corrected chi connectivity index (χ3v) is 1.87. The van der Waals surface area contributed by atoms with Crippen LogP contribution >= 0.6 is 11.6 Å². The second-order valence-electron chi connectivity index (χ2n) is 2.32. The number of halogens is 1. The zero-order valence-corrected chi connectivity index (χ0v) is 7.21. The van der Waals surface area contributed by atoms with Crippen LogP contribution in [0, 0.1) is 0 Å². The molecule has 0 aliphatic rings. The van der Waals surface area contributed by atoms with E-state index in [4.69, 9.17) is 11.6 Å². The van der Waals surface area contributed by atoms with E-state index in [-0.39, 0.29) is 5.48 Å². The Balaban J connectivity index is 0.000000720. The van der Waals surface area contributed by atoms with Crippen molar-refractivity contribution in [2.45, 2.75) is 0 Å². The van der Waals surface area contributed by atoms with Gasteiger partial charge in [0.05, 0.1) is 11.8 Å². The average molecular weight is 186 g/mol. The number of hydrogen-bond donors (Lipinski definition) is 0. The molecule has 4 nitrogen and oxygen atoms in total. The van der Waals surface area contributed by atoms with Crippen LogP contribution in [-0.2, 0) is 7.05 Å². The summed E-state index contributed by atoms with van der Waals surface area (Å²) in [6.45, 7) is 0. The highest BCUT2D eigenvalue weighted by Crippen LogP contribution is 2.17. The van der Waals surface area contributed by atoms with Gasteiger partial charge in [-0.2, -0.15) is 0 Å². The lowest BCUT2D eigenvalue weighted by atomic mass is 10.4.